The number of aromatic amines is 1. The minimum atomic E-state index is -0.345. The number of aromatic nitrogens is 3. The molecule has 0 saturated carbocycles. The summed E-state index contributed by atoms with van der Waals surface area (Å²) in [5, 5.41) is 7.59. The molecular formula is C21H24N6O3S. The molecule has 1 aliphatic heterocycles. The second-order valence-corrected chi connectivity index (χ2v) is 8.27. The molecule has 1 aliphatic rings. The molecule has 0 unspecified atom stereocenters. The molecule has 0 radical (unpaired) electrons. The number of carbonyl (C=O) groups excluding carboxylic acids is 2. The van der Waals surface area contributed by atoms with Crippen molar-refractivity contribution in [2.75, 3.05) is 29.9 Å². The van der Waals surface area contributed by atoms with Crippen LogP contribution in [0.4, 0.5) is 10.9 Å². The number of rotatable bonds is 6. The van der Waals surface area contributed by atoms with E-state index in [4.69, 9.17) is 9.72 Å². The van der Waals surface area contributed by atoms with Gasteiger partial charge in [-0.05, 0) is 32.0 Å². The van der Waals surface area contributed by atoms with Gasteiger partial charge in [-0.2, -0.15) is 0 Å². The molecule has 9 nitrogen and oxygen atoms in total. The Morgan fingerprint density at radius 2 is 2.00 bits per heavy atom. The van der Waals surface area contributed by atoms with Gasteiger partial charge >= 0.3 is 0 Å². The Bertz CT molecular complexity index is 1040. The maximum absolute atomic E-state index is 12.2. The lowest BCUT2D eigenvalue weighted by atomic mass is 10.2. The zero-order valence-electron chi connectivity index (χ0n) is 17.3. The maximum Gasteiger partial charge on any atom is 0.253 e. The van der Waals surface area contributed by atoms with Crippen molar-refractivity contribution in [3.05, 3.63) is 47.6 Å². The number of morpholine rings is 1. The average Bonchev–Trinajstić information content (AvgIpc) is 3.44. The Morgan fingerprint density at radius 1 is 1.19 bits per heavy atom. The van der Waals surface area contributed by atoms with Gasteiger partial charge in [0.2, 0.25) is 5.91 Å². The van der Waals surface area contributed by atoms with Gasteiger partial charge in [0, 0.05) is 30.9 Å². The summed E-state index contributed by atoms with van der Waals surface area (Å²) in [6, 6.07) is 7.47. The number of hydrogen-bond donors (Lipinski definition) is 3. The molecule has 0 aromatic carbocycles. The van der Waals surface area contributed by atoms with Crippen LogP contribution in [0.1, 0.15) is 24.2 Å². The standard InChI is InChI=1S/C21H24N6O3S/c1-13-10-27(11-14(2)30-13)18-5-3-4-16(24-18)17-12-31-21(25-17)26-19(28)9-23-20(29)15-6-7-22-8-15/h3-8,12-14,22H,9-11H2,1-2H3,(H,23,29)(H,25,26,28)/t13-,14+. The molecular weight excluding hydrogens is 416 g/mol. The highest BCUT2D eigenvalue weighted by molar-refractivity contribution is 7.14. The van der Waals surface area contributed by atoms with E-state index in [1.807, 2.05) is 23.6 Å². The van der Waals surface area contributed by atoms with Crippen molar-refractivity contribution in [2.24, 2.45) is 0 Å². The molecule has 1 saturated heterocycles. The maximum atomic E-state index is 12.2. The van der Waals surface area contributed by atoms with Gasteiger partial charge < -0.3 is 25.3 Å². The van der Waals surface area contributed by atoms with Crippen LogP contribution in [0.3, 0.4) is 0 Å². The molecule has 0 bridgehead atoms. The third kappa shape index (κ3) is 5.28. The van der Waals surface area contributed by atoms with Gasteiger partial charge in [0.25, 0.3) is 5.91 Å². The highest BCUT2D eigenvalue weighted by atomic mass is 32.1. The molecule has 1 fully saturated rings. The van der Waals surface area contributed by atoms with Crippen LogP contribution in [0.15, 0.2) is 42.0 Å². The van der Waals surface area contributed by atoms with E-state index < -0.39 is 0 Å². The van der Waals surface area contributed by atoms with Crippen LogP contribution in [-0.4, -0.2) is 58.6 Å². The topological polar surface area (TPSA) is 112 Å². The number of H-pyrrole nitrogens is 1. The zero-order chi connectivity index (χ0) is 21.8. The number of nitrogens with one attached hydrogen (secondary N) is 3. The fourth-order valence-electron chi connectivity index (χ4n) is 3.45. The predicted octanol–water partition coefficient (Wildman–Crippen LogP) is 2.52. The molecule has 4 heterocycles. The van der Waals surface area contributed by atoms with Crippen molar-refractivity contribution in [3.63, 3.8) is 0 Å². The smallest absolute Gasteiger partial charge is 0.253 e. The van der Waals surface area contributed by atoms with Gasteiger partial charge in [-0.3, -0.25) is 9.59 Å². The number of carbonyl (C=O) groups is 2. The van der Waals surface area contributed by atoms with E-state index in [9.17, 15) is 9.59 Å². The second kappa shape index (κ2) is 9.27. The van der Waals surface area contributed by atoms with Crippen LogP contribution in [-0.2, 0) is 9.53 Å². The summed E-state index contributed by atoms with van der Waals surface area (Å²) in [4.78, 5) is 38.3. The van der Waals surface area contributed by atoms with Gasteiger partial charge in [-0.1, -0.05) is 6.07 Å². The molecule has 4 rings (SSSR count). The number of anilines is 2. The number of amides is 2. The van der Waals surface area contributed by atoms with E-state index >= 15 is 0 Å². The minimum absolute atomic E-state index is 0.139. The van der Waals surface area contributed by atoms with Gasteiger partial charge in [0.05, 0.1) is 30.0 Å². The van der Waals surface area contributed by atoms with E-state index in [1.54, 1.807) is 18.5 Å². The van der Waals surface area contributed by atoms with Crippen LogP contribution in [0, 0.1) is 0 Å². The van der Waals surface area contributed by atoms with Crippen molar-refractivity contribution >= 4 is 34.1 Å². The highest BCUT2D eigenvalue weighted by Gasteiger charge is 2.23. The number of pyridine rings is 1. The fraction of sp³-hybridized carbons (Fsp3) is 0.333. The Morgan fingerprint density at radius 3 is 2.74 bits per heavy atom. The molecule has 2 amide bonds. The molecule has 0 aliphatic carbocycles. The number of nitrogens with zero attached hydrogens (tertiary/aromatic N) is 3. The van der Waals surface area contributed by atoms with Gasteiger partial charge in [0.1, 0.15) is 11.5 Å². The van der Waals surface area contributed by atoms with E-state index in [2.05, 4.69) is 39.3 Å². The van der Waals surface area contributed by atoms with Crippen molar-refractivity contribution < 1.29 is 14.3 Å². The summed E-state index contributed by atoms with van der Waals surface area (Å²) in [6.07, 6.45) is 3.51. The third-order valence-corrected chi connectivity index (χ3v) is 5.52. The number of thiazole rings is 1. The Labute approximate surface area is 183 Å². The molecule has 3 aromatic heterocycles. The van der Waals surface area contributed by atoms with E-state index in [0.717, 1.165) is 24.6 Å². The molecule has 3 aromatic rings. The van der Waals surface area contributed by atoms with Crippen LogP contribution in [0.2, 0.25) is 0 Å². The first kappa shape index (κ1) is 21.0. The van der Waals surface area contributed by atoms with Crippen molar-refractivity contribution in [1.29, 1.82) is 0 Å². The normalized spacial score (nSPS) is 18.6. The Kier molecular flexibility index (Phi) is 6.28. The first-order chi connectivity index (χ1) is 15.0. The molecule has 31 heavy (non-hydrogen) atoms. The fourth-order valence-corrected chi connectivity index (χ4v) is 4.17. The lowest BCUT2D eigenvalue weighted by Gasteiger charge is -2.36. The SMILES string of the molecule is C[C@@H]1CN(c2cccc(-c3csc(NC(=O)CNC(=O)c4cc[nH]c4)n3)n2)C[C@H](C)O1. The van der Waals surface area contributed by atoms with Crippen molar-refractivity contribution in [3.8, 4) is 11.4 Å². The van der Waals surface area contributed by atoms with E-state index in [-0.39, 0.29) is 30.6 Å². The third-order valence-electron chi connectivity index (χ3n) is 4.76. The van der Waals surface area contributed by atoms with Crippen molar-refractivity contribution in [1.82, 2.24) is 20.3 Å². The van der Waals surface area contributed by atoms with E-state index in [1.165, 1.54) is 11.3 Å². The largest absolute Gasteiger partial charge is 0.372 e. The van der Waals surface area contributed by atoms with Crippen LogP contribution < -0.4 is 15.5 Å². The summed E-state index contributed by atoms with van der Waals surface area (Å²) in [7, 11) is 0. The summed E-state index contributed by atoms with van der Waals surface area (Å²) in [5.74, 6) is 0.220. The Hall–Kier alpha value is -3.24. The van der Waals surface area contributed by atoms with Crippen molar-refractivity contribution in [2.45, 2.75) is 26.1 Å². The first-order valence-corrected chi connectivity index (χ1v) is 10.9. The van der Waals surface area contributed by atoms with Crippen LogP contribution >= 0.6 is 11.3 Å². The van der Waals surface area contributed by atoms with E-state index in [0.29, 0.717) is 16.4 Å². The van der Waals surface area contributed by atoms with Gasteiger partial charge in [0.15, 0.2) is 5.13 Å². The molecule has 3 N–H and O–H groups in total. The number of hydrogen-bond acceptors (Lipinski definition) is 7. The summed E-state index contributed by atoms with van der Waals surface area (Å²) in [5.41, 5.74) is 1.90. The van der Waals surface area contributed by atoms with Crippen LogP contribution in [0.5, 0.6) is 0 Å². The molecule has 2 atom stereocenters. The average molecular weight is 441 g/mol. The van der Waals surface area contributed by atoms with Gasteiger partial charge in [-0.25, -0.2) is 9.97 Å². The van der Waals surface area contributed by atoms with Crippen LogP contribution in [0.25, 0.3) is 11.4 Å². The monoisotopic (exact) mass is 440 g/mol. The molecule has 0 spiro atoms. The minimum Gasteiger partial charge on any atom is -0.372 e. The summed E-state index contributed by atoms with van der Waals surface area (Å²) < 4.78 is 5.80. The molecule has 10 heteroatoms. The first-order valence-electron chi connectivity index (χ1n) is 10.0. The van der Waals surface area contributed by atoms with Gasteiger partial charge in [-0.15, -0.1) is 11.3 Å². The molecule has 162 valence electrons. The summed E-state index contributed by atoms with van der Waals surface area (Å²) in [6.45, 7) is 5.55. The zero-order valence-corrected chi connectivity index (χ0v) is 18.1. The number of ether oxygens (including phenoxy) is 1. The summed E-state index contributed by atoms with van der Waals surface area (Å²) >= 11 is 1.31. The Balaban J connectivity index is 1.37. The predicted molar refractivity (Wildman–Crippen MR) is 119 cm³/mol. The lowest BCUT2D eigenvalue weighted by Crippen LogP contribution is -2.45. The lowest BCUT2D eigenvalue weighted by molar-refractivity contribution is -0.115. The quantitative estimate of drug-likeness (QED) is 0.543. The second-order valence-electron chi connectivity index (χ2n) is 7.41. The highest BCUT2D eigenvalue weighted by Crippen LogP contribution is 2.26.